The van der Waals surface area contributed by atoms with E-state index in [1.165, 1.54) is 34.4 Å². The number of carbonyl (C=O) groups is 2. The number of imide groups is 1. The number of carbonyl (C=O) groups excluding carboxylic acids is 2. The molecular formula is C20H17N5O5. The molecule has 1 N–H and O–H groups in total. The maximum Gasteiger partial charge on any atom is 0.329 e. The van der Waals surface area contributed by atoms with E-state index >= 15 is 0 Å². The zero-order chi connectivity index (χ0) is 21.6. The van der Waals surface area contributed by atoms with Gasteiger partial charge in [-0.25, -0.2) is 9.59 Å². The number of benzene rings is 2. The summed E-state index contributed by atoms with van der Waals surface area (Å²) in [6.07, 6.45) is 1.26. The van der Waals surface area contributed by atoms with Gasteiger partial charge in [0.25, 0.3) is 11.6 Å². The van der Waals surface area contributed by atoms with Crippen molar-refractivity contribution in [1.82, 2.24) is 19.4 Å². The summed E-state index contributed by atoms with van der Waals surface area (Å²) in [5, 5.41) is 14.1. The molecule has 3 aromatic rings. The molecule has 1 fully saturated rings. The summed E-state index contributed by atoms with van der Waals surface area (Å²) in [4.78, 5) is 49.2. The van der Waals surface area contributed by atoms with Crippen molar-refractivity contribution < 1.29 is 14.5 Å². The number of nitro benzene ring substituents is 1. The molecule has 0 saturated carbocycles. The summed E-state index contributed by atoms with van der Waals surface area (Å²) < 4.78 is 2.67. The maximum atomic E-state index is 12.7. The fraction of sp³-hybridized carbons (Fsp3) is 0.150. The Morgan fingerprint density at radius 1 is 1.03 bits per heavy atom. The predicted octanol–water partition coefficient (Wildman–Crippen LogP) is 1.88. The minimum Gasteiger partial charge on any atom is -0.303 e. The lowest BCUT2D eigenvalue weighted by Crippen LogP contribution is -2.30. The zero-order valence-corrected chi connectivity index (χ0v) is 16.2. The van der Waals surface area contributed by atoms with Crippen LogP contribution < -0.4 is 11.0 Å². The van der Waals surface area contributed by atoms with Crippen LogP contribution in [0, 0.1) is 10.1 Å². The second-order valence-corrected chi connectivity index (χ2v) is 6.92. The van der Waals surface area contributed by atoms with Crippen LogP contribution >= 0.6 is 0 Å². The first kappa shape index (κ1) is 19.1. The average Bonchev–Trinajstić information content (AvgIpc) is 3.10. The highest BCUT2D eigenvalue weighted by Gasteiger charge is 2.34. The second kappa shape index (κ2) is 6.99. The van der Waals surface area contributed by atoms with Crippen molar-refractivity contribution in [3.63, 3.8) is 0 Å². The third-order valence-corrected chi connectivity index (χ3v) is 5.06. The van der Waals surface area contributed by atoms with Gasteiger partial charge in [-0.3, -0.25) is 28.9 Å². The number of nitrogens with one attached hydrogen (secondary N) is 1. The van der Waals surface area contributed by atoms with E-state index in [1.807, 2.05) is 6.07 Å². The molecule has 10 nitrogen and oxygen atoms in total. The van der Waals surface area contributed by atoms with E-state index < -0.39 is 16.9 Å². The molecule has 2 heterocycles. The van der Waals surface area contributed by atoms with E-state index in [0.29, 0.717) is 11.0 Å². The van der Waals surface area contributed by atoms with Gasteiger partial charge < -0.3 is 5.32 Å². The van der Waals surface area contributed by atoms with Crippen LogP contribution in [0.25, 0.3) is 17.1 Å². The van der Waals surface area contributed by atoms with Gasteiger partial charge in [-0.2, -0.15) is 0 Å². The topological polar surface area (TPSA) is 119 Å². The molecule has 30 heavy (non-hydrogen) atoms. The van der Waals surface area contributed by atoms with Crippen molar-refractivity contribution in [2.24, 2.45) is 14.1 Å². The Morgan fingerprint density at radius 3 is 2.30 bits per heavy atom. The van der Waals surface area contributed by atoms with E-state index in [-0.39, 0.29) is 29.2 Å². The Bertz CT molecular complexity index is 1300. The Kier molecular flexibility index (Phi) is 4.46. The number of imidazole rings is 1. The molecule has 0 atom stereocenters. The summed E-state index contributed by atoms with van der Waals surface area (Å²) >= 11 is 0. The normalized spacial score (nSPS) is 15.3. The number of aryl methyl sites for hydroxylation is 2. The molecule has 1 aliphatic rings. The summed E-state index contributed by atoms with van der Waals surface area (Å²) in [5.41, 5.74) is 1.07. The molecule has 10 heteroatoms. The largest absolute Gasteiger partial charge is 0.329 e. The first-order chi connectivity index (χ1) is 14.3. The van der Waals surface area contributed by atoms with E-state index in [2.05, 4.69) is 5.32 Å². The molecule has 1 aromatic heterocycles. The molecular weight excluding hydrogens is 390 g/mol. The van der Waals surface area contributed by atoms with Gasteiger partial charge in [0.05, 0.1) is 28.1 Å². The SMILES string of the molecule is Cn1c(=O)n(C)c2cc([N+](=O)[O-])c(/C=C3\NC(=O)N(Cc4ccccc4)C3=O)cc21. The minimum absolute atomic E-state index is 0.0701. The van der Waals surface area contributed by atoms with Crippen LogP contribution in [0.3, 0.4) is 0 Å². The highest BCUT2D eigenvalue weighted by molar-refractivity contribution is 6.14. The Morgan fingerprint density at radius 2 is 1.67 bits per heavy atom. The van der Waals surface area contributed by atoms with E-state index in [9.17, 15) is 24.5 Å². The van der Waals surface area contributed by atoms with Gasteiger partial charge in [-0.15, -0.1) is 0 Å². The molecule has 0 radical (unpaired) electrons. The smallest absolute Gasteiger partial charge is 0.303 e. The van der Waals surface area contributed by atoms with E-state index in [1.54, 1.807) is 31.3 Å². The summed E-state index contributed by atoms with van der Waals surface area (Å²) in [6.45, 7) is 0.0805. The number of nitro groups is 1. The van der Waals surface area contributed by atoms with Crippen molar-refractivity contribution in [2.75, 3.05) is 0 Å². The van der Waals surface area contributed by atoms with Gasteiger partial charge in [0.1, 0.15) is 5.70 Å². The van der Waals surface area contributed by atoms with Crippen LogP contribution in [0.15, 0.2) is 53.0 Å². The number of hydrogen-bond donors (Lipinski definition) is 1. The van der Waals surface area contributed by atoms with Gasteiger partial charge in [-0.05, 0) is 17.7 Å². The molecule has 3 amide bonds. The lowest BCUT2D eigenvalue weighted by Gasteiger charge is -2.11. The van der Waals surface area contributed by atoms with Gasteiger partial charge in [0, 0.05) is 20.2 Å². The number of amides is 3. The van der Waals surface area contributed by atoms with Crippen LogP contribution in [-0.2, 0) is 25.4 Å². The van der Waals surface area contributed by atoms with Crippen LogP contribution in [0.2, 0.25) is 0 Å². The Hall–Kier alpha value is -4.21. The predicted molar refractivity (Wildman–Crippen MR) is 108 cm³/mol. The van der Waals surface area contributed by atoms with Crippen molar-refractivity contribution in [3.05, 3.63) is 79.9 Å². The van der Waals surface area contributed by atoms with Gasteiger partial charge in [-0.1, -0.05) is 30.3 Å². The van der Waals surface area contributed by atoms with Crippen molar-refractivity contribution in [1.29, 1.82) is 0 Å². The van der Waals surface area contributed by atoms with Crippen molar-refractivity contribution >= 4 is 34.7 Å². The molecule has 0 bridgehead atoms. The average molecular weight is 407 g/mol. The minimum atomic E-state index is -0.606. The van der Waals surface area contributed by atoms with Crippen molar-refractivity contribution in [2.45, 2.75) is 6.54 Å². The number of aromatic nitrogens is 2. The first-order valence-corrected chi connectivity index (χ1v) is 9.00. The molecule has 2 aromatic carbocycles. The third kappa shape index (κ3) is 3.04. The number of hydrogen-bond acceptors (Lipinski definition) is 5. The molecule has 0 spiro atoms. The van der Waals surface area contributed by atoms with Crippen LogP contribution in [0.5, 0.6) is 0 Å². The van der Waals surface area contributed by atoms with Crippen LogP contribution in [0.4, 0.5) is 10.5 Å². The van der Waals surface area contributed by atoms with Gasteiger partial charge >= 0.3 is 11.7 Å². The Labute approximate surface area is 169 Å². The molecule has 4 rings (SSSR count). The molecule has 0 aliphatic carbocycles. The van der Waals surface area contributed by atoms with E-state index in [0.717, 1.165) is 10.5 Å². The molecule has 1 aliphatic heterocycles. The standard InChI is InChI=1S/C20H17N5O5/c1-22-16-9-13(15(25(29)30)10-17(16)23(2)20(22)28)8-14-18(26)24(19(27)21-14)11-12-6-4-3-5-7-12/h3-10H,11H2,1-2H3,(H,21,27)/b14-8-. The van der Waals surface area contributed by atoms with Crippen LogP contribution in [0.1, 0.15) is 11.1 Å². The summed E-state index contributed by atoms with van der Waals surface area (Å²) in [6, 6.07) is 11.1. The number of fused-ring (bicyclic) bond motifs is 1. The van der Waals surface area contributed by atoms with Gasteiger partial charge in [0.15, 0.2) is 0 Å². The van der Waals surface area contributed by atoms with Gasteiger partial charge in [0.2, 0.25) is 0 Å². The highest BCUT2D eigenvalue weighted by atomic mass is 16.6. The quantitative estimate of drug-likeness (QED) is 0.306. The third-order valence-electron chi connectivity index (χ3n) is 5.06. The first-order valence-electron chi connectivity index (χ1n) is 9.00. The summed E-state index contributed by atoms with van der Waals surface area (Å²) in [7, 11) is 3.08. The fourth-order valence-corrected chi connectivity index (χ4v) is 3.46. The molecule has 1 saturated heterocycles. The number of urea groups is 1. The lowest BCUT2D eigenvalue weighted by molar-refractivity contribution is -0.385. The second-order valence-electron chi connectivity index (χ2n) is 6.92. The monoisotopic (exact) mass is 407 g/mol. The lowest BCUT2D eigenvalue weighted by atomic mass is 10.1. The number of rotatable bonds is 4. The molecule has 152 valence electrons. The Balaban J connectivity index is 1.77. The highest BCUT2D eigenvalue weighted by Crippen LogP contribution is 2.28. The fourth-order valence-electron chi connectivity index (χ4n) is 3.46. The zero-order valence-electron chi connectivity index (χ0n) is 16.2. The number of nitrogens with zero attached hydrogens (tertiary/aromatic N) is 4. The summed E-state index contributed by atoms with van der Waals surface area (Å²) in [5.74, 6) is -0.583. The maximum absolute atomic E-state index is 12.7. The molecule has 0 unspecified atom stereocenters. The van der Waals surface area contributed by atoms with E-state index in [4.69, 9.17) is 0 Å². The van der Waals surface area contributed by atoms with Crippen LogP contribution in [-0.4, -0.2) is 30.9 Å². The van der Waals surface area contributed by atoms with Crippen molar-refractivity contribution in [3.8, 4) is 0 Å².